The van der Waals surface area contributed by atoms with Crippen LogP contribution in [-0.2, 0) is 4.79 Å². The summed E-state index contributed by atoms with van der Waals surface area (Å²) in [4.78, 5) is 29.6. The number of amides is 1. The van der Waals surface area contributed by atoms with Gasteiger partial charge < -0.3 is 19.9 Å². The summed E-state index contributed by atoms with van der Waals surface area (Å²) in [5, 5.41) is 13.7. The second kappa shape index (κ2) is 7.94. The van der Waals surface area contributed by atoms with Crippen LogP contribution < -0.4 is 15.0 Å². The quantitative estimate of drug-likeness (QED) is 0.585. The summed E-state index contributed by atoms with van der Waals surface area (Å²) in [6.45, 7) is 0.369. The number of anilines is 2. The molecule has 1 aromatic heterocycles. The molecule has 2 rings (SSSR count). The molecule has 1 amide bonds. The van der Waals surface area contributed by atoms with Gasteiger partial charge >= 0.3 is 11.9 Å². The van der Waals surface area contributed by atoms with Crippen molar-refractivity contribution < 1.29 is 27.6 Å². The van der Waals surface area contributed by atoms with Crippen LogP contribution in [0.1, 0.15) is 13.3 Å². The fraction of sp³-hybridized carbons (Fsp3) is 0.600. The Hall–Kier alpha value is -2.63. The number of ether oxygens (including phenoxy) is 1. The highest BCUT2D eigenvalue weighted by Crippen LogP contribution is 2.37. The van der Waals surface area contributed by atoms with Gasteiger partial charge in [0.05, 0.1) is 4.92 Å². The van der Waals surface area contributed by atoms with E-state index in [1.54, 1.807) is 4.90 Å². The van der Waals surface area contributed by atoms with E-state index >= 15 is 0 Å². The maximum Gasteiger partial charge on any atom is 0.422 e. The van der Waals surface area contributed by atoms with Crippen LogP contribution in [0.2, 0.25) is 0 Å². The second-order valence-electron chi connectivity index (χ2n) is 6.38. The second-order valence-corrected chi connectivity index (χ2v) is 6.38. The van der Waals surface area contributed by atoms with Crippen molar-refractivity contribution >= 4 is 23.1 Å². The average Bonchev–Trinajstić information content (AvgIpc) is 3.01. The Morgan fingerprint density at radius 3 is 2.67 bits per heavy atom. The Bertz CT molecular complexity index is 726. The Balaban J connectivity index is 2.44. The minimum absolute atomic E-state index is 0.0874. The van der Waals surface area contributed by atoms with E-state index in [4.69, 9.17) is 4.74 Å². The summed E-state index contributed by atoms with van der Waals surface area (Å²) in [6, 6.07) is 1.10. The largest absolute Gasteiger partial charge is 0.466 e. The van der Waals surface area contributed by atoms with Gasteiger partial charge in [-0.2, -0.15) is 18.2 Å². The van der Waals surface area contributed by atoms with E-state index < -0.39 is 35.2 Å². The summed E-state index contributed by atoms with van der Waals surface area (Å²) >= 11 is 0. The Morgan fingerprint density at radius 1 is 1.52 bits per heavy atom. The zero-order chi connectivity index (χ0) is 20.4. The minimum atomic E-state index is -4.62. The average molecular weight is 391 g/mol. The highest BCUT2D eigenvalue weighted by Gasteiger charge is 2.33. The first-order chi connectivity index (χ1) is 12.5. The molecule has 1 atom stereocenters. The summed E-state index contributed by atoms with van der Waals surface area (Å²) in [6.07, 6.45) is -3.90. The van der Waals surface area contributed by atoms with E-state index in [2.05, 4.69) is 10.3 Å². The molecule has 2 heterocycles. The van der Waals surface area contributed by atoms with Crippen LogP contribution in [0.15, 0.2) is 6.07 Å². The fourth-order valence-corrected chi connectivity index (χ4v) is 2.74. The molecular formula is C15H20F3N5O4. The molecule has 12 heteroatoms. The van der Waals surface area contributed by atoms with Crippen molar-refractivity contribution in [2.24, 2.45) is 0 Å². The smallest absolute Gasteiger partial charge is 0.422 e. The number of rotatable bonds is 6. The van der Waals surface area contributed by atoms with Crippen LogP contribution >= 0.6 is 0 Å². The SMILES string of the molecule is CC(=O)Nc1cc([N+](=O)[O-])c(N2CC[C@@H](N(C)C)C2)nc1OCC(F)(F)F. The van der Waals surface area contributed by atoms with Gasteiger partial charge in [-0.3, -0.25) is 14.9 Å². The van der Waals surface area contributed by atoms with Crippen molar-refractivity contribution in [2.45, 2.75) is 25.6 Å². The first-order valence-electron chi connectivity index (χ1n) is 8.06. The summed E-state index contributed by atoms with van der Waals surface area (Å²) in [5.41, 5.74) is -0.705. The van der Waals surface area contributed by atoms with Crippen molar-refractivity contribution in [1.82, 2.24) is 9.88 Å². The van der Waals surface area contributed by atoms with Gasteiger partial charge in [0.15, 0.2) is 6.61 Å². The van der Waals surface area contributed by atoms with E-state index in [1.165, 1.54) is 0 Å². The zero-order valence-electron chi connectivity index (χ0n) is 15.0. The van der Waals surface area contributed by atoms with Gasteiger partial charge in [-0.05, 0) is 20.5 Å². The first-order valence-corrected chi connectivity index (χ1v) is 8.06. The number of nitro groups is 1. The minimum Gasteiger partial charge on any atom is -0.466 e. The van der Waals surface area contributed by atoms with Gasteiger partial charge in [-0.1, -0.05) is 0 Å². The van der Waals surface area contributed by atoms with Crippen LogP contribution in [0, 0.1) is 10.1 Å². The molecule has 9 nitrogen and oxygen atoms in total. The fourth-order valence-electron chi connectivity index (χ4n) is 2.74. The molecule has 0 bridgehead atoms. The predicted octanol–water partition coefficient (Wildman–Crippen LogP) is 2.03. The molecule has 1 N–H and O–H groups in total. The zero-order valence-corrected chi connectivity index (χ0v) is 15.0. The third-order valence-electron chi connectivity index (χ3n) is 4.02. The van der Waals surface area contributed by atoms with Crippen LogP contribution in [0.5, 0.6) is 5.88 Å². The molecule has 0 spiro atoms. The van der Waals surface area contributed by atoms with E-state index in [0.717, 1.165) is 19.4 Å². The van der Waals surface area contributed by atoms with E-state index in [0.29, 0.717) is 13.1 Å². The monoisotopic (exact) mass is 391 g/mol. The molecule has 1 aliphatic heterocycles. The lowest BCUT2D eigenvalue weighted by molar-refractivity contribution is -0.384. The van der Waals surface area contributed by atoms with Gasteiger partial charge in [0, 0.05) is 32.1 Å². The molecule has 0 saturated carbocycles. The Kier molecular flexibility index (Phi) is 6.08. The molecule has 150 valence electrons. The molecule has 0 aliphatic carbocycles. The first kappa shape index (κ1) is 20.7. The predicted molar refractivity (Wildman–Crippen MR) is 91.1 cm³/mol. The van der Waals surface area contributed by atoms with Gasteiger partial charge in [-0.25, -0.2) is 0 Å². The maximum absolute atomic E-state index is 12.5. The highest BCUT2D eigenvalue weighted by molar-refractivity contribution is 5.91. The topological polar surface area (TPSA) is 101 Å². The normalized spacial score (nSPS) is 17.3. The number of hydrogen-bond acceptors (Lipinski definition) is 7. The van der Waals surface area contributed by atoms with Crippen molar-refractivity contribution in [1.29, 1.82) is 0 Å². The number of alkyl halides is 3. The lowest BCUT2D eigenvalue weighted by Gasteiger charge is -2.22. The number of nitrogens with zero attached hydrogens (tertiary/aromatic N) is 4. The maximum atomic E-state index is 12.5. The summed E-state index contributed by atoms with van der Waals surface area (Å²) in [7, 11) is 3.74. The third-order valence-corrected chi connectivity index (χ3v) is 4.02. The van der Waals surface area contributed by atoms with Crippen LogP contribution in [0.3, 0.4) is 0 Å². The number of carbonyl (C=O) groups is 1. The molecule has 27 heavy (non-hydrogen) atoms. The lowest BCUT2D eigenvalue weighted by Crippen LogP contribution is -2.32. The van der Waals surface area contributed by atoms with Gasteiger partial charge in [-0.15, -0.1) is 0 Å². The number of aromatic nitrogens is 1. The van der Waals surface area contributed by atoms with E-state index in [1.807, 2.05) is 19.0 Å². The highest BCUT2D eigenvalue weighted by atomic mass is 19.4. The van der Waals surface area contributed by atoms with Gasteiger partial charge in [0.2, 0.25) is 17.6 Å². The third kappa shape index (κ3) is 5.42. The van der Waals surface area contributed by atoms with E-state index in [9.17, 15) is 28.1 Å². The summed E-state index contributed by atoms with van der Waals surface area (Å²) in [5.74, 6) is -1.23. The number of hydrogen-bond donors (Lipinski definition) is 1. The molecule has 1 saturated heterocycles. The van der Waals surface area contributed by atoms with Gasteiger partial charge in [0.25, 0.3) is 0 Å². The lowest BCUT2D eigenvalue weighted by atomic mass is 10.2. The number of nitrogens with one attached hydrogen (secondary N) is 1. The Labute approximate surface area is 153 Å². The van der Waals surface area contributed by atoms with Crippen LogP contribution in [0.25, 0.3) is 0 Å². The molecule has 0 radical (unpaired) electrons. The van der Waals surface area contributed by atoms with Crippen LogP contribution in [0.4, 0.5) is 30.4 Å². The molecule has 1 aliphatic rings. The van der Waals surface area contributed by atoms with Crippen molar-refractivity contribution in [3.8, 4) is 5.88 Å². The number of carbonyl (C=O) groups excluding carboxylic acids is 1. The van der Waals surface area contributed by atoms with Crippen molar-refractivity contribution in [3.05, 3.63) is 16.2 Å². The Morgan fingerprint density at radius 2 is 2.19 bits per heavy atom. The molecule has 1 fully saturated rings. The molecule has 0 aromatic carbocycles. The van der Waals surface area contributed by atoms with Gasteiger partial charge in [0.1, 0.15) is 5.69 Å². The summed E-state index contributed by atoms with van der Waals surface area (Å²) < 4.78 is 42.3. The van der Waals surface area contributed by atoms with Crippen LogP contribution in [-0.4, -0.2) is 66.7 Å². The number of likely N-dealkylation sites (N-methyl/N-ethyl adjacent to an activating group) is 1. The molecular weight excluding hydrogens is 371 g/mol. The number of halogens is 3. The standard InChI is InChI=1S/C15H20F3N5O4/c1-9(24)19-11-6-12(23(25)26)13(20-14(11)27-8-15(16,17)18)22-5-4-10(7-22)21(2)3/h6,10H,4-5,7-8H2,1-3H3,(H,19,24)/t10-/m1/s1. The molecule has 0 unspecified atom stereocenters. The van der Waals surface area contributed by atoms with Crippen molar-refractivity contribution in [3.63, 3.8) is 0 Å². The molecule has 1 aromatic rings. The van der Waals surface area contributed by atoms with E-state index in [-0.39, 0.29) is 17.5 Å². The van der Waals surface area contributed by atoms with Crippen molar-refractivity contribution in [2.75, 3.05) is 44.0 Å². The number of pyridine rings is 1.